The van der Waals surface area contributed by atoms with Crippen molar-refractivity contribution in [2.24, 2.45) is 9.26 Å². The average molecular weight is 739 g/mol. The lowest BCUT2D eigenvalue weighted by Crippen LogP contribution is -2.51. The molecule has 1 aliphatic heterocycles. The quantitative estimate of drug-likeness (QED) is 0.118. The van der Waals surface area contributed by atoms with E-state index in [0.29, 0.717) is 36.3 Å². The molecule has 1 unspecified atom stereocenters. The molecule has 49 heavy (non-hydrogen) atoms. The summed E-state index contributed by atoms with van der Waals surface area (Å²) < 4.78 is 15.3. The molecule has 9 nitrogen and oxygen atoms in total. The van der Waals surface area contributed by atoms with Gasteiger partial charge in [-0.05, 0) is 77.0 Å². The Morgan fingerprint density at radius 2 is 0.776 bits per heavy atom. The molecule has 0 aromatic heterocycles. The van der Waals surface area contributed by atoms with Crippen LogP contribution in [-0.4, -0.2) is 47.4 Å². The first kappa shape index (κ1) is 37.8. The lowest BCUT2D eigenvalue weighted by atomic mass is 9.96. The minimum atomic E-state index is -2.51. The minimum Gasteiger partial charge on any atom is -0.256 e. The molecule has 6 N–H and O–H groups in total. The Balaban J connectivity index is 1.42. The molecule has 0 aromatic carbocycles. The second-order valence-corrected chi connectivity index (χ2v) is 25.5. The van der Waals surface area contributed by atoms with E-state index in [1.807, 2.05) is 0 Å². The number of rotatable bonds is 11. The molecule has 7 rings (SSSR count). The standard InChI is InChI=1S/C37H74N9P3/c1-46-48(40-34-24-12-4-13-25-34,41-35-26-14-5-15-27-35)44-47(38-32-20-8-2-9-21-32,39-33-22-10-3-11-23-33)45-49(46,42-36-28-16-6-17-29-36)43-37-30-18-7-19-31-37/h32-40H,2-31H2,1H3,(H2,42,43,45)/p+1. The zero-order valence-electron chi connectivity index (χ0n) is 31.4. The fourth-order valence-corrected chi connectivity index (χ4v) is 24.9. The first-order chi connectivity index (χ1) is 24.0. The molecule has 0 saturated heterocycles. The number of nitrogens with one attached hydrogen (secondary N) is 6. The Morgan fingerprint density at radius 3 is 1.16 bits per heavy atom. The van der Waals surface area contributed by atoms with Crippen molar-refractivity contribution in [2.75, 3.05) is 7.05 Å². The normalized spacial score (nSPS) is 32.1. The maximum absolute atomic E-state index is 6.37. The van der Waals surface area contributed by atoms with E-state index in [0.717, 1.165) is 0 Å². The van der Waals surface area contributed by atoms with Crippen molar-refractivity contribution < 1.29 is 4.10 Å². The van der Waals surface area contributed by atoms with Gasteiger partial charge in [0.05, 0.1) is 6.04 Å². The monoisotopic (exact) mass is 739 g/mol. The number of hydrogen-bond acceptors (Lipinski definition) is 6. The molecule has 0 aromatic rings. The molecule has 7 aliphatic rings. The first-order valence-electron chi connectivity index (χ1n) is 21.6. The Morgan fingerprint density at radius 1 is 0.449 bits per heavy atom. The van der Waals surface area contributed by atoms with Gasteiger partial charge in [-0.25, -0.2) is 20.0 Å². The molecular formula is C37H75N9P3+. The van der Waals surface area contributed by atoms with Gasteiger partial charge >= 0.3 is 15.0 Å². The first-order valence-corrected chi connectivity index (χ1v) is 26.7. The van der Waals surface area contributed by atoms with Gasteiger partial charge < -0.3 is 0 Å². The van der Waals surface area contributed by atoms with Crippen LogP contribution in [0.1, 0.15) is 193 Å². The summed E-state index contributed by atoms with van der Waals surface area (Å²) in [4.78, 5) is 4.61. The summed E-state index contributed by atoms with van der Waals surface area (Å²) in [7, 11) is -4.81. The van der Waals surface area contributed by atoms with Gasteiger partial charge in [0.15, 0.2) is 7.51 Å². The zero-order chi connectivity index (χ0) is 33.4. The highest BCUT2D eigenvalue weighted by atomic mass is 31.3. The maximum Gasteiger partial charge on any atom is 0.400 e. The van der Waals surface area contributed by atoms with Crippen LogP contribution < -0.4 is 30.3 Å². The van der Waals surface area contributed by atoms with Crippen molar-refractivity contribution >= 4 is 22.5 Å². The number of hydrogen-bond donors (Lipinski definition) is 6. The van der Waals surface area contributed by atoms with Gasteiger partial charge in [0, 0.05) is 30.2 Å². The van der Waals surface area contributed by atoms with Gasteiger partial charge in [-0.3, -0.25) is 10.2 Å². The van der Waals surface area contributed by atoms with Crippen molar-refractivity contribution in [3.8, 4) is 0 Å². The van der Waals surface area contributed by atoms with Crippen molar-refractivity contribution in [1.82, 2.24) is 30.3 Å². The highest BCUT2D eigenvalue weighted by molar-refractivity contribution is 7.82. The van der Waals surface area contributed by atoms with E-state index in [4.69, 9.17) is 9.26 Å². The van der Waals surface area contributed by atoms with Crippen LogP contribution in [0.15, 0.2) is 9.26 Å². The van der Waals surface area contributed by atoms with Crippen LogP contribution >= 0.6 is 22.5 Å². The largest absolute Gasteiger partial charge is 0.400 e. The van der Waals surface area contributed by atoms with E-state index in [1.165, 1.54) is 193 Å². The van der Waals surface area contributed by atoms with Crippen LogP contribution in [0.5, 0.6) is 0 Å². The topological polar surface area (TPSA) is 99.9 Å². The van der Waals surface area contributed by atoms with Gasteiger partial charge in [-0.2, -0.15) is 8.96 Å². The van der Waals surface area contributed by atoms with E-state index in [-0.39, 0.29) is 0 Å². The fraction of sp³-hybridized carbons (Fsp3) is 1.00. The van der Waals surface area contributed by atoms with E-state index in [2.05, 4.69) is 41.4 Å². The maximum atomic E-state index is 6.37. The molecule has 0 spiro atoms. The summed E-state index contributed by atoms with van der Waals surface area (Å²) in [5, 5.41) is 22.5. The van der Waals surface area contributed by atoms with Crippen molar-refractivity contribution in [3.05, 3.63) is 0 Å². The molecule has 6 aliphatic carbocycles. The Labute approximate surface area is 301 Å². The predicted molar refractivity (Wildman–Crippen MR) is 212 cm³/mol. The van der Waals surface area contributed by atoms with Gasteiger partial charge in [0.25, 0.3) is 0 Å². The van der Waals surface area contributed by atoms with E-state index < -0.39 is 22.5 Å². The zero-order valence-corrected chi connectivity index (χ0v) is 34.0. The lowest BCUT2D eigenvalue weighted by molar-refractivity contribution is -0.314. The smallest absolute Gasteiger partial charge is 0.256 e. The van der Waals surface area contributed by atoms with Crippen molar-refractivity contribution in [2.45, 2.75) is 229 Å². The summed E-state index contributed by atoms with van der Waals surface area (Å²) in [5.41, 5.74) is 0. The Kier molecular flexibility index (Phi) is 14.0. The molecule has 6 saturated carbocycles. The molecule has 12 heteroatoms. The molecule has 282 valence electrons. The SMILES string of the molecule is C[N+]1=P(NC2CCCCC2)(NC2CCCCC2)NP(NC2CCCCC2)(NC2CCCCC2)=NP1(=NC1CCCCC1)NC1CCCCC1. The number of nitrogens with zero attached hydrogens (tertiary/aromatic N) is 3. The third-order valence-electron chi connectivity index (χ3n) is 13.1. The van der Waals surface area contributed by atoms with Gasteiger partial charge in [-0.1, -0.05) is 116 Å². The van der Waals surface area contributed by atoms with Crippen LogP contribution in [0.4, 0.5) is 0 Å². The summed E-state index contributed by atoms with van der Waals surface area (Å²) in [6, 6.07) is 3.06. The Hall–Kier alpha value is 0.450. The van der Waals surface area contributed by atoms with Gasteiger partial charge in [0.1, 0.15) is 7.05 Å². The average Bonchev–Trinajstić information content (AvgIpc) is 3.13. The molecule has 1 atom stereocenters. The van der Waals surface area contributed by atoms with Crippen LogP contribution in [0.2, 0.25) is 0 Å². The summed E-state index contributed by atoms with van der Waals surface area (Å²) in [6.45, 7) is 0. The van der Waals surface area contributed by atoms with Crippen molar-refractivity contribution in [1.29, 1.82) is 0 Å². The third-order valence-corrected chi connectivity index (χ3v) is 25.1. The van der Waals surface area contributed by atoms with Gasteiger partial charge in [0.2, 0.25) is 0 Å². The highest BCUT2D eigenvalue weighted by Gasteiger charge is 2.53. The highest BCUT2D eigenvalue weighted by Crippen LogP contribution is 2.70. The second kappa shape index (κ2) is 18.2. The predicted octanol–water partition coefficient (Wildman–Crippen LogP) is 11.0. The van der Waals surface area contributed by atoms with Crippen LogP contribution in [0, 0.1) is 0 Å². The van der Waals surface area contributed by atoms with Gasteiger partial charge in [-0.15, -0.1) is 4.52 Å². The third kappa shape index (κ3) is 9.96. The molecule has 6 fully saturated rings. The van der Waals surface area contributed by atoms with Crippen LogP contribution in [0.25, 0.3) is 0 Å². The minimum absolute atomic E-state index is 0.417. The molecular weight excluding hydrogens is 663 g/mol. The Bertz CT molecular complexity index is 1160. The second-order valence-electron chi connectivity index (χ2n) is 17.2. The van der Waals surface area contributed by atoms with Crippen LogP contribution in [0.3, 0.4) is 0 Å². The van der Waals surface area contributed by atoms with E-state index >= 15 is 0 Å². The summed E-state index contributed by atoms with van der Waals surface area (Å²) in [6.07, 6.45) is 39.7. The van der Waals surface area contributed by atoms with Crippen LogP contribution in [-0.2, 0) is 0 Å². The summed E-state index contributed by atoms with van der Waals surface area (Å²) in [5.74, 6) is 0. The molecule has 0 radical (unpaired) electrons. The lowest BCUT2D eigenvalue weighted by Gasteiger charge is -2.46. The van der Waals surface area contributed by atoms with E-state index in [9.17, 15) is 0 Å². The molecule has 0 bridgehead atoms. The van der Waals surface area contributed by atoms with E-state index in [1.54, 1.807) is 0 Å². The van der Waals surface area contributed by atoms with Crippen molar-refractivity contribution in [3.63, 3.8) is 0 Å². The molecule has 1 heterocycles. The molecule has 0 amide bonds. The summed E-state index contributed by atoms with van der Waals surface area (Å²) >= 11 is 0. The fourth-order valence-electron chi connectivity index (χ4n) is 10.3.